The summed E-state index contributed by atoms with van der Waals surface area (Å²) >= 11 is 5.59. The lowest BCUT2D eigenvalue weighted by Gasteiger charge is -2.12. The minimum atomic E-state index is -4.76. The van der Waals surface area contributed by atoms with Crippen molar-refractivity contribution in [3.05, 3.63) is 40.8 Å². The molecule has 0 aliphatic rings. The Bertz CT molecular complexity index is 770. The fraction of sp³-hybridized carbons (Fsp3) is 0.154. The van der Waals surface area contributed by atoms with Crippen molar-refractivity contribution in [3.63, 3.8) is 0 Å². The molecular formula is C13H9ClF4N4O2. The van der Waals surface area contributed by atoms with Crippen LogP contribution in [0.1, 0.15) is 5.69 Å². The van der Waals surface area contributed by atoms with Crippen molar-refractivity contribution in [3.8, 4) is 0 Å². The number of nitrogens with one attached hydrogen (secondary N) is 2. The highest BCUT2D eigenvalue weighted by Gasteiger charge is 2.33. The van der Waals surface area contributed by atoms with Crippen molar-refractivity contribution < 1.29 is 27.5 Å². The Balaban J connectivity index is 2.34. The summed E-state index contributed by atoms with van der Waals surface area (Å²) in [6.07, 6.45) is -4.76. The molecule has 3 N–H and O–H groups in total. The van der Waals surface area contributed by atoms with E-state index in [1.54, 1.807) is 0 Å². The van der Waals surface area contributed by atoms with E-state index in [1.807, 2.05) is 0 Å². The van der Waals surface area contributed by atoms with E-state index in [0.717, 1.165) is 12.1 Å². The number of anilines is 3. The van der Waals surface area contributed by atoms with E-state index in [0.29, 0.717) is 6.07 Å². The van der Waals surface area contributed by atoms with Gasteiger partial charge in [0.25, 0.3) is 0 Å². The first-order valence-electron chi connectivity index (χ1n) is 6.29. The molecule has 1 heterocycles. The van der Waals surface area contributed by atoms with Crippen LogP contribution in [0.3, 0.4) is 0 Å². The van der Waals surface area contributed by atoms with Crippen LogP contribution in [-0.2, 0) is 11.0 Å². The molecule has 0 radical (unpaired) electrons. The molecule has 0 fully saturated rings. The van der Waals surface area contributed by atoms with Gasteiger partial charge in [-0.15, -0.1) is 0 Å². The van der Waals surface area contributed by atoms with Crippen LogP contribution >= 0.6 is 11.6 Å². The highest BCUT2D eigenvalue weighted by atomic mass is 35.5. The Morgan fingerprint density at radius 1 is 1.25 bits per heavy atom. The Morgan fingerprint density at radius 2 is 1.96 bits per heavy atom. The second-order valence-corrected chi connectivity index (χ2v) is 4.87. The molecule has 128 valence electrons. The number of hydrogen-bond donors (Lipinski definition) is 3. The van der Waals surface area contributed by atoms with Crippen molar-refractivity contribution in [2.75, 3.05) is 17.2 Å². The van der Waals surface area contributed by atoms with Crippen LogP contribution in [0, 0.1) is 5.82 Å². The number of aromatic nitrogens is 2. The summed E-state index contributed by atoms with van der Waals surface area (Å²) in [4.78, 5) is 17.4. The van der Waals surface area contributed by atoms with Gasteiger partial charge in [-0.05, 0) is 18.2 Å². The van der Waals surface area contributed by atoms with Gasteiger partial charge < -0.3 is 15.7 Å². The molecule has 0 saturated carbocycles. The summed E-state index contributed by atoms with van der Waals surface area (Å²) in [5.74, 6) is -2.78. The highest BCUT2D eigenvalue weighted by molar-refractivity contribution is 6.31. The SMILES string of the molecule is O=C(O)CNc1nc(Nc2ccc(F)c(Cl)c2)cc(C(F)(F)F)n1. The molecule has 24 heavy (non-hydrogen) atoms. The van der Waals surface area contributed by atoms with Crippen LogP contribution in [-0.4, -0.2) is 27.6 Å². The lowest BCUT2D eigenvalue weighted by atomic mass is 10.3. The van der Waals surface area contributed by atoms with E-state index >= 15 is 0 Å². The Kier molecular flexibility index (Phi) is 5.07. The van der Waals surface area contributed by atoms with Gasteiger partial charge in [-0.3, -0.25) is 4.79 Å². The van der Waals surface area contributed by atoms with Crippen LogP contribution in [0.5, 0.6) is 0 Å². The second-order valence-electron chi connectivity index (χ2n) is 4.46. The van der Waals surface area contributed by atoms with Crippen molar-refractivity contribution >= 4 is 35.0 Å². The topological polar surface area (TPSA) is 87.1 Å². The molecule has 2 aromatic rings. The molecule has 0 amide bonds. The fourth-order valence-corrected chi connectivity index (χ4v) is 1.79. The Morgan fingerprint density at radius 3 is 2.54 bits per heavy atom. The largest absolute Gasteiger partial charge is 0.480 e. The maximum atomic E-state index is 13.1. The number of hydrogen-bond acceptors (Lipinski definition) is 5. The lowest BCUT2D eigenvalue weighted by molar-refractivity contribution is -0.141. The summed E-state index contributed by atoms with van der Waals surface area (Å²) < 4.78 is 51.7. The number of nitrogens with zero attached hydrogens (tertiary/aromatic N) is 2. The summed E-state index contributed by atoms with van der Waals surface area (Å²) in [5.41, 5.74) is -1.08. The zero-order valence-corrected chi connectivity index (χ0v) is 12.4. The number of rotatable bonds is 5. The molecule has 0 saturated heterocycles. The average molecular weight is 365 g/mol. The third kappa shape index (κ3) is 4.69. The third-order valence-corrected chi connectivity index (χ3v) is 2.90. The predicted molar refractivity (Wildman–Crippen MR) is 77.9 cm³/mol. The van der Waals surface area contributed by atoms with Gasteiger partial charge in [0.15, 0.2) is 5.69 Å². The molecule has 11 heteroatoms. The number of aliphatic carboxylic acids is 1. The third-order valence-electron chi connectivity index (χ3n) is 2.61. The monoisotopic (exact) mass is 364 g/mol. The summed E-state index contributed by atoms with van der Waals surface area (Å²) in [7, 11) is 0. The zero-order chi connectivity index (χ0) is 17.9. The van der Waals surface area contributed by atoms with Crippen LogP contribution in [0.2, 0.25) is 5.02 Å². The normalized spacial score (nSPS) is 11.2. The minimum absolute atomic E-state index is 0.192. The first-order valence-corrected chi connectivity index (χ1v) is 6.67. The molecule has 6 nitrogen and oxygen atoms in total. The van der Waals surface area contributed by atoms with E-state index in [-0.39, 0.29) is 16.5 Å². The molecule has 1 aromatic carbocycles. The number of halogens is 5. The number of carboxylic acids is 1. The molecule has 0 atom stereocenters. The van der Waals surface area contributed by atoms with Crippen LogP contribution in [0.25, 0.3) is 0 Å². The minimum Gasteiger partial charge on any atom is -0.480 e. The van der Waals surface area contributed by atoms with Crippen molar-refractivity contribution in [2.24, 2.45) is 0 Å². The Labute approximate surface area is 137 Å². The van der Waals surface area contributed by atoms with Gasteiger partial charge in [0.1, 0.15) is 18.2 Å². The fourth-order valence-electron chi connectivity index (χ4n) is 1.61. The first-order chi connectivity index (χ1) is 11.1. The molecule has 2 rings (SSSR count). The van der Waals surface area contributed by atoms with E-state index in [2.05, 4.69) is 20.6 Å². The van der Waals surface area contributed by atoms with Crippen LogP contribution in [0.15, 0.2) is 24.3 Å². The van der Waals surface area contributed by atoms with E-state index in [4.69, 9.17) is 16.7 Å². The molecule has 1 aromatic heterocycles. The van der Waals surface area contributed by atoms with E-state index < -0.39 is 36.1 Å². The zero-order valence-electron chi connectivity index (χ0n) is 11.7. The average Bonchev–Trinajstić information content (AvgIpc) is 2.48. The predicted octanol–water partition coefficient (Wildman–Crippen LogP) is 3.53. The molecule has 0 aliphatic carbocycles. The number of carbonyl (C=O) groups is 1. The second kappa shape index (κ2) is 6.87. The van der Waals surface area contributed by atoms with Gasteiger partial charge in [-0.2, -0.15) is 18.2 Å². The number of benzene rings is 1. The molecule has 0 bridgehead atoms. The van der Waals surface area contributed by atoms with E-state index in [9.17, 15) is 22.4 Å². The summed E-state index contributed by atoms with van der Waals surface area (Å²) in [6.45, 7) is -0.664. The van der Waals surface area contributed by atoms with Crippen LogP contribution < -0.4 is 10.6 Å². The van der Waals surface area contributed by atoms with Gasteiger partial charge in [0, 0.05) is 11.8 Å². The highest BCUT2D eigenvalue weighted by Crippen LogP contribution is 2.30. The Hall–Kier alpha value is -2.62. The summed E-state index contributed by atoms with van der Waals surface area (Å²) in [6, 6.07) is 4.07. The van der Waals surface area contributed by atoms with Gasteiger partial charge in [-0.1, -0.05) is 11.6 Å². The maximum Gasteiger partial charge on any atom is 0.433 e. The molecule has 0 spiro atoms. The van der Waals surface area contributed by atoms with Gasteiger partial charge in [0.05, 0.1) is 5.02 Å². The van der Waals surface area contributed by atoms with Gasteiger partial charge in [0.2, 0.25) is 5.95 Å². The smallest absolute Gasteiger partial charge is 0.433 e. The van der Waals surface area contributed by atoms with E-state index in [1.165, 1.54) is 6.07 Å². The molecular weight excluding hydrogens is 356 g/mol. The number of carboxylic acid groups (broad SMARTS) is 1. The molecule has 0 unspecified atom stereocenters. The molecule has 0 aliphatic heterocycles. The lowest BCUT2D eigenvalue weighted by Crippen LogP contribution is -2.17. The quantitative estimate of drug-likeness (QED) is 0.704. The van der Waals surface area contributed by atoms with Gasteiger partial charge >= 0.3 is 12.1 Å². The van der Waals surface area contributed by atoms with Crippen molar-refractivity contribution in [2.45, 2.75) is 6.18 Å². The maximum absolute atomic E-state index is 13.1. The summed E-state index contributed by atoms with van der Waals surface area (Å²) in [5, 5.41) is 13.0. The van der Waals surface area contributed by atoms with Crippen molar-refractivity contribution in [1.82, 2.24) is 9.97 Å². The van der Waals surface area contributed by atoms with Crippen LogP contribution in [0.4, 0.5) is 35.0 Å². The van der Waals surface area contributed by atoms with Crippen molar-refractivity contribution in [1.29, 1.82) is 0 Å². The standard InChI is InChI=1S/C13H9ClF4N4O2/c14-7-3-6(1-2-8(7)15)20-10-4-9(13(16,17)18)21-12(22-10)19-5-11(23)24/h1-4H,5H2,(H,23,24)(H2,19,20,21,22). The van der Waals surface area contributed by atoms with Gasteiger partial charge in [-0.25, -0.2) is 9.37 Å². The number of alkyl halides is 3. The first kappa shape index (κ1) is 17.7.